The maximum atomic E-state index is 6.02. The molecule has 2 rings (SSSR count). The van der Waals surface area contributed by atoms with E-state index in [-0.39, 0.29) is 24.0 Å². The number of aryl methyl sites for hydroxylation is 1. The molecule has 0 fully saturated rings. The zero-order valence-corrected chi connectivity index (χ0v) is 16.5. The monoisotopic (exact) mass is 449 g/mol. The molecule has 1 N–H and O–H groups in total. The Morgan fingerprint density at radius 3 is 2.83 bits per heavy atom. The average Bonchev–Trinajstić information content (AvgIpc) is 2.89. The van der Waals surface area contributed by atoms with Crippen LogP contribution >= 0.6 is 35.6 Å². The number of benzene rings is 1. The van der Waals surface area contributed by atoms with Gasteiger partial charge in [-0.15, -0.1) is 24.0 Å². The first-order valence-corrected chi connectivity index (χ1v) is 7.49. The molecule has 0 saturated heterocycles. The maximum absolute atomic E-state index is 6.02. The summed E-state index contributed by atoms with van der Waals surface area (Å²) >= 11 is 6.02. The van der Waals surface area contributed by atoms with Crippen molar-refractivity contribution in [3.05, 3.63) is 46.6 Å². The Balaban J connectivity index is 0.00000264. The minimum absolute atomic E-state index is 0. The average molecular weight is 450 g/mol. The molecule has 1 aromatic heterocycles. The molecule has 8 heteroatoms. The van der Waals surface area contributed by atoms with Gasteiger partial charge in [0.05, 0.1) is 0 Å². The Hall–Kier alpha value is -1.35. The SMILES string of the molecule is CCNC(=NCc1noc(C)n1)N(C)Cc1cccc(Cl)c1.I. The Morgan fingerprint density at radius 2 is 2.22 bits per heavy atom. The smallest absolute Gasteiger partial charge is 0.223 e. The number of guanidine groups is 1. The maximum Gasteiger partial charge on any atom is 0.223 e. The fraction of sp³-hybridized carbons (Fsp3) is 0.400. The van der Waals surface area contributed by atoms with E-state index in [9.17, 15) is 0 Å². The van der Waals surface area contributed by atoms with Gasteiger partial charge in [0.2, 0.25) is 5.89 Å². The summed E-state index contributed by atoms with van der Waals surface area (Å²) in [5.74, 6) is 1.90. The molecule has 0 bridgehead atoms. The van der Waals surface area contributed by atoms with Gasteiger partial charge >= 0.3 is 0 Å². The molecule has 1 aromatic carbocycles. The number of halogens is 2. The van der Waals surface area contributed by atoms with Gasteiger partial charge in [-0.05, 0) is 24.6 Å². The van der Waals surface area contributed by atoms with Crippen molar-refractivity contribution in [1.29, 1.82) is 0 Å². The van der Waals surface area contributed by atoms with E-state index < -0.39 is 0 Å². The van der Waals surface area contributed by atoms with Crippen molar-refractivity contribution in [2.24, 2.45) is 4.99 Å². The first-order chi connectivity index (χ1) is 10.6. The van der Waals surface area contributed by atoms with Gasteiger partial charge in [0.1, 0.15) is 6.54 Å². The van der Waals surface area contributed by atoms with Gasteiger partial charge in [-0.3, -0.25) is 0 Å². The van der Waals surface area contributed by atoms with Crippen molar-refractivity contribution in [3.63, 3.8) is 0 Å². The lowest BCUT2D eigenvalue weighted by molar-refractivity contribution is 0.387. The zero-order valence-electron chi connectivity index (χ0n) is 13.4. The molecule has 126 valence electrons. The molecule has 0 aliphatic heterocycles. The van der Waals surface area contributed by atoms with Crippen LogP contribution in [0.3, 0.4) is 0 Å². The summed E-state index contributed by atoms with van der Waals surface area (Å²) in [4.78, 5) is 10.7. The molecule has 0 spiro atoms. The molecule has 2 aromatic rings. The van der Waals surface area contributed by atoms with E-state index in [1.165, 1.54) is 0 Å². The van der Waals surface area contributed by atoms with E-state index in [2.05, 4.69) is 20.4 Å². The number of rotatable bonds is 5. The third kappa shape index (κ3) is 6.34. The summed E-state index contributed by atoms with van der Waals surface area (Å²) in [5, 5.41) is 7.83. The van der Waals surface area contributed by atoms with Gasteiger partial charge in [0, 0.05) is 32.1 Å². The summed E-state index contributed by atoms with van der Waals surface area (Å²) in [5.41, 5.74) is 1.12. The second-order valence-electron chi connectivity index (χ2n) is 4.89. The van der Waals surface area contributed by atoms with Crippen molar-refractivity contribution in [1.82, 2.24) is 20.4 Å². The molecular weight excluding hydrogens is 429 g/mol. The van der Waals surface area contributed by atoms with Crippen LogP contribution in [0.15, 0.2) is 33.8 Å². The van der Waals surface area contributed by atoms with Crippen molar-refractivity contribution in [2.45, 2.75) is 26.9 Å². The molecule has 0 unspecified atom stereocenters. The van der Waals surface area contributed by atoms with E-state index in [1.807, 2.05) is 43.1 Å². The van der Waals surface area contributed by atoms with Gasteiger partial charge < -0.3 is 14.7 Å². The third-order valence-corrected chi connectivity index (χ3v) is 3.18. The highest BCUT2D eigenvalue weighted by molar-refractivity contribution is 14.0. The van der Waals surface area contributed by atoms with Crippen LogP contribution in [-0.2, 0) is 13.1 Å². The molecule has 0 amide bonds. The van der Waals surface area contributed by atoms with Crippen molar-refractivity contribution in [3.8, 4) is 0 Å². The second kappa shape index (κ2) is 9.71. The summed E-state index contributed by atoms with van der Waals surface area (Å²) in [6.45, 7) is 5.65. The predicted octanol–water partition coefficient (Wildman–Crippen LogP) is 3.25. The van der Waals surface area contributed by atoms with E-state index in [4.69, 9.17) is 16.1 Å². The van der Waals surface area contributed by atoms with Gasteiger partial charge in [0.15, 0.2) is 11.8 Å². The lowest BCUT2D eigenvalue weighted by atomic mass is 10.2. The zero-order chi connectivity index (χ0) is 15.9. The quantitative estimate of drug-likeness (QED) is 0.431. The first kappa shape index (κ1) is 19.7. The van der Waals surface area contributed by atoms with Crippen LogP contribution in [0.2, 0.25) is 5.02 Å². The van der Waals surface area contributed by atoms with Crippen LogP contribution in [0.1, 0.15) is 24.2 Å². The minimum Gasteiger partial charge on any atom is -0.357 e. The molecule has 1 heterocycles. The highest BCUT2D eigenvalue weighted by atomic mass is 127. The van der Waals surface area contributed by atoms with Crippen LogP contribution < -0.4 is 5.32 Å². The largest absolute Gasteiger partial charge is 0.357 e. The molecule has 0 saturated carbocycles. The lowest BCUT2D eigenvalue weighted by Gasteiger charge is -2.22. The predicted molar refractivity (Wildman–Crippen MR) is 102 cm³/mol. The van der Waals surface area contributed by atoms with E-state index in [0.29, 0.717) is 24.8 Å². The number of nitrogens with one attached hydrogen (secondary N) is 1. The number of hydrogen-bond donors (Lipinski definition) is 1. The molecule has 0 atom stereocenters. The fourth-order valence-corrected chi connectivity index (χ4v) is 2.22. The highest BCUT2D eigenvalue weighted by Gasteiger charge is 2.08. The van der Waals surface area contributed by atoms with Gasteiger partial charge in [-0.1, -0.05) is 28.9 Å². The normalized spacial score (nSPS) is 11.0. The van der Waals surface area contributed by atoms with E-state index in [1.54, 1.807) is 6.92 Å². The van der Waals surface area contributed by atoms with Crippen LogP contribution in [0.4, 0.5) is 0 Å². The Labute approximate surface area is 158 Å². The van der Waals surface area contributed by atoms with Crippen LogP contribution in [0, 0.1) is 6.92 Å². The van der Waals surface area contributed by atoms with Crippen LogP contribution in [-0.4, -0.2) is 34.6 Å². The first-order valence-electron chi connectivity index (χ1n) is 7.11. The molecular formula is C15H21ClIN5O. The molecule has 0 aliphatic rings. The van der Waals surface area contributed by atoms with E-state index >= 15 is 0 Å². The lowest BCUT2D eigenvalue weighted by Crippen LogP contribution is -2.38. The molecule has 6 nitrogen and oxygen atoms in total. The topological polar surface area (TPSA) is 66.5 Å². The summed E-state index contributed by atoms with van der Waals surface area (Å²) < 4.78 is 4.95. The van der Waals surface area contributed by atoms with Crippen molar-refractivity contribution < 1.29 is 4.52 Å². The number of hydrogen-bond acceptors (Lipinski definition) is 4. The fourth-order valence-electron chi connectivity index (χ4n) is 2.00. The Morgan fingerprint density at radius 1 is 1.43 bits per heavy atom. The summed E-state index contributed by atoms with van der Waals surface area (Å²) in [6.07, 6.45) is 0. The molecule has 0 aliphatic carbocycles. The van der Waals surface area contributed by atoms with Gasteiger partial charge in [-0.2, -0.15) is 4.98 Å². The van der Waals surface area contributed by atoms with Crippen molar-refractivity contribution in [2.75, 3.05) is 13.6 Å². The van der Waals surface area contributed by atoms with E-state index in [0.717, 1.165) is 23.1 Å². The van der Waals surface area contributed by atoms with Gasteiger partial charge in [-0.25, -0.2) is 4.99 Å². The molecule has 0 radical (unpaired) electrons. The number of aliphatic imine (C=N–C) groups is 1. The second-order valence-corrected chi connectivity index (χ2v) is 5.32. The summed E-state index contributed by atoms with van der Waals surface area (Å²) in [6, 6.07) is 7.79. The number of nitrogens with zero attached hydrogens (tertiary/aromatic N) is 4. The third-order valence-electron chi connectivity index (χ3n) is 2.95. The van der Waals surface area contributed by atoms with Crippen LogP contribution in [0.5, 0.6) is 0 Å². The minimum atomic E-state index is 0. The number of aromatic nitrogens is 2. The Bertz CT molecular complexity index is 646. The molecule has 23 heavy (non-hydrogen) atoms. The van der Waals surface area contributed by atoms with Crippen LogP contribution in [0.25, 0.3) is 0 Å². The highest BCUT2D eigenvalue weighted by Crippen LogP contribution is 2.12. The van der Waals surface area contributed by atoms with Gasteiger partial charge in [0.25, 0.3) is 0 Å². The summed E-state index contributed by atoms with van der Waals surface area (Å²) in [7, 11) is 1.98. The Kier molecular flexibility index (Phi) is 8.32. The standard InChI is InChI=1S/C15H20ClN5O.HI/c1-4-17-15(18-9-14-19-11(2)22-20-14)21(3)10-12-6-5-7-13(16)8-12;/h5-8H,4,9-10H2,1-3H3,(H,17,18);1H. The van der Waals surface area contributed by atoms with Crippen molar-refractivity contribution >= 4 is 41.5 Å².